The molecule has 1 fully saturated rings. The van der Waals surface area contributed by atoms with E-state index in [0.717, 1.165) is 0 Å². The number of nitrogen functional groups attached to an aromatic ring is 1. The minimum atomic E-state index is -1.64. The van der Waals surface area contributed by atoms with Gasteiger partial charge in [0.1, 0.15) is 23.9 Å². The molecule has 3 rings (SSSR count). The monoisotopic (exact) mass is 289 g/mol. The maximum atomic E-state index is 10.2. The summed E-state index contributed by atoms with van der Waals surface area (Å²) in [5.74, 6) is -0.419. The highest BCUT2D eigenvalue weighted by Crippen LogP contribution is 2.41. The van der Waals surface area contributed by atoms with Crippen LogP contribution in [0.1, 0.15) is 13.2 Å². The number of hydrogen-bond acceptors (Lipinski definition) is 7. The first-order valence-corrected chi connectivity index (χ1v) is 6.49. The average molecular weight is 289 g/mol. The summed E-state index contributed by atoms with van der Waals surface area (Å²) in [5.41, 5.74) is 5.72. The smallest absolute Gasteiger partial charge is 0.205 e. The minimum absolute atomic E-state index is 0.419. The van der Waals surface area contributed by atoms with Crippen molar-refractivity contribution in [3.05, 3.63) is 18.6 Å². The Kier molecular flexibility index (Phi) is 3.06. The molecule has 2 aromatic rings. The number of anilines is 1. The lowest BCUT2D eigenvalue weighted by Crippen LogP contribution is -2.43. The highest BCUT2D eigenvalue weighted by Gasteiger charge is 2.54. The summed E-state index contributed by atoms with van der Waals surface area (Å²) in [4.78, 5) is 8.41. The Labute approximate surface area is 120 Å². The van der Waals surface area contributed by atoms with Crippen LogP contribution in [0.4, 0.5) is 5.69 Å². The van der Waals surface area contributed by atoms with Gasteiger partial charge in [-0.2, -0.15) is 5.26 Å². The molecule has 0 radical (unpaired) electrons. The van der Waals surface area contributed by atoms with Crippen molar-refractivity contribution in [3.8, 4) is 6.07 Å². The van der Waals surface area contributed by atoms with Gasteiger partial charge in [0.25, 0.3) is 0 Å². The molecule has 0 spiro atoms. The highest BCUT2D eigenvalue weighted by atomic mass is 16.6. The lowest BCUT2D eigenvalue weighted by atomic mass is 9.92. The van der Waals surface area contributed by atoms with Crippen LogP contribution < -0.4 is 5.73 Å². The third-order valence-corrected chi connectivity index (χ3v) is 3.95. The minimum Gasteiger partial charge on any atom is -0.397 e. The number of aliphatic hydroxyl groups excluding tert-OH is 2. The van der Waals surface area contributed by atoms with Crippen molar-refractivity contribution >= 4 is 16.9 Å². The number of fused-ring (bicyclic) bond motifs is 1. The molecule has 0 saturated carbocycles. The molecule has 2 aromatic heterocycles. The molecule has 3 heterocycles. The normalized spacial score (nSPS) is 32.4. The Hall–Kier alpha value is -2.21. The maximum Gasteiger partial charge on any atom is 0.205 e. The highest BCUT2D eigenvalue weighted by molar-refractivity contribution is 5.83. The topological polar surface area (TPSA) is 130 Å². The van der Waals surface area contributed by atoms with E-state index in [1.165, 1.54) is 6.33 Å². The zero-order valence-electron chi connectivity index (χ0n) is 11.3. The number of nitrogens with zero attached hydrogens (tertiary/aromatic N) is 4. The van der Waals surface area contributed by atoms with Crippen molar-refractivity contribution in [3.63, 3.8) is 0 Å². The Morgan fingerprint density at radius 1 is 1.57 bits per heavy atom. The number of imidazole rings is 1. The molecule has 0 aromatic carbocycles. The molecule has 8 nitrogen and oxygen atoms in total. The van der Waals surface area contributed by atoms with Gasteiger partial charge >= 0.3 is 0 Å². The summed E-state index contributed by atoms with van der Waals surface area (Å²) in [6.07, 6.45) is 1.28. The van der Waals surface area contributed by atoms with E-state index in [0.29, 0.717) is 16.9 Å². The SMILES string of the molecule is C[C@@H]1[C@H](n2cnc3c(N)ccnc32)O[C@](C#N)(CO)[C@H]1O. The van der Waals surface area contributed by atoms with E-state index >= 15 is 0 Å². The van der Waals surface area contributed by atoms with Gasteiger partial charge in [-0.05, 0) is 6.07 Å². The van der Waals surface area contributed by atoms with E-state index in [4.69, 9.17) is 10.5 Å². The van der Waals surface area contributed by atoms with E-state index in [1.807, 2.05) is 6.07 Å². The van der Waals surface area contributed by atoms with Gasteiger partial charge < -0.3 is 20.7 Å². The van der Waals surface area contributed by atoms with Gasteiger partial charge in [0.05, 0.1) is 18.6 Å². The molecule has 4 N–H and O–H groups in total. The Balaban J connectivity index is 2.08. The first kappa shape index (κ1) is 13.8. The fourth-order valence-corrected chi connectivity index (χ4v) is 2.68. The van der Waals surface area contributed by atoms with Crippen LogP contribution in [0, 0.1) is 17.2 Å². The van der Waals surface area contributed by atoms with Crippen molar-refractivity contribution < 1.29 is 14.9 Å². The molecule has 8 heteroatoms. The second-order valence-corrected chi connectivity index (χ2v) is 5.20. The van der Waals surface area contributed by atoms with E-state index in [9.17, 15) is 15.5 Å². The van der Waals surface area contributed by atoms with Gasteiger partial charge in [-0.25, -0.2) is 9.97 Å². The lowest BCUT2D eigenvalue weighted by molar-refractivity contribution is -0.0909. The second kappa shape index (κ2) is 4.66. The summed E-state index contributed by atoms with van der Waals surface area (Å²) < 4.78 is 7.26. The number of aromatic nitrogens is 3. The fraction of sp³-hybridized carbons (Fsp3) is 0.462. The molecule has 4 atom stereocenters. The lowest BCUT2D eigenvalue weighted by Gasteiger charge is -2.21. The summed E-state index contributed by atoms with van der Waals surface area (Å²) in [5, 5.41) is 28.8. The van der Waals surface area contributed by atoms with E-state index in [2.05, 4.69) is 9.97 Å². The molecule has 0 aliphatic carbocycles. The summed E-state index contributed by atoms with van der Waals surface area (Å²) in [6.45, 7) is 1.15. The predicted octanol–water partition coefficient (Wildman–Crippen LogP) is -0.206. The second-order valence-electron chi connectivity index (χ2n) is 5.20. The van der Waals surface area contributed by atoms with Crippen LogP contribution >= 0.6 is 0 Å². The molecule has 110 valence electrons. The number of nitrogens with two attached hydrogens (primary N) is 1. The van der Waals surface area contributed by atoms with Gasteiger partial charge in [-0.15, -0.1) is 0 Å². The van der Waals surface area contributed by atoms with Gasteiger partial charge in [-0.1, -0.05) is 6.92 Å². The Morgan fingerprint density at radius 3 is 2.95 bits per heavy atom. The van der Waals surface area contributed by atoms with Crippen LogP contribution in [0.5, 0.6) is 0 Å². The number of rotatable bonds is 2. The van der Waals surface area contributed by atoms with Gasteiger partial charge in [0.15, 0.2) is 5.65 Å². The zero-order chi connectivity index (χ0) is 15.2. The van der Waals surface area contributed by atoms with Gasteiger partial charge in [0, 0.05) is 12.1 Å². The molecule has 21 heavy (non-hydrogen) atoms. The predicted molar refractivity (Wildman–Crippen MR) is 72.7 cm³/mol. The first-order valence-electron chi connectivity index (χ1n) is 6.49. The number of hydrogen-bond donors (Lipinski definition) is 3. The first-order chi connectivity index (χ1) is 10.0. The Morgan fingerprint density at radius 2 is 2.33 bits per heavy atom. The number of ether oxygens (including phenoxy) is 1. The van der Waals surface area contributed by atoms with Crippen LogP contribution in [0.15, 0.2) is 18.6 Å². The summed E-state index contributed by atoms with van der Waals surface area (Å²) in [7, 11) is 0. The van der Waals surface area contributed by atoms with Gasteiger partial charge in [-0.3, -0.25) is 4.57 Å². The molecule has 1 aliphatic heterocycles. The number of pyridine rings is 1. The van der Waals surface area contributed by atoms with Crippen molar-refractivity contribution in [2.24, 2.45) is 5.92 Å². The van der Waals surface area contributed by atoms with Crippen molar-refractivity contribution in [2.45, 2.75) is 24.9 Å². The van der Waals surface area contributed by atoms with Crippen LogP contribution in [0.3, 0.4) is 0 Å². The fourth-order valence-electron chi connectivity index (χ4n) is 2.68. The molecular formula is C13H15N5O3. The molecule has 0 bridgehead atoms. The van der Waals surface area contributed by atoms with E-state index < -0.39 is 30.5 Å². The third-order valence-electron chi connectivity index (χ3n) is 3.95. The zero-order valence-corrected chi connectivity index (χ0v) is 11.3. The largest absolute Gasteiger partial charge is 0.397 e. The van der Waals surface area contributed by atoms with Crippen molar-refractivity contribution in [1.82, 2.24) is 14.5 Å². The maximum absolute atomic E-state index is 10.2. The van der Waals surface area contributed by atoms with Gasteiger partial charge in [0.2, 0.25) is 5.60 Å². The van der Waals surface area contributed by atoms with Crippen LogP contribution in [-0.4, -0.2) is 43.1 Å². The molecule has 1 aliphatic rings. The van der Waals surface area contributed by atoms with Crippen LogP contribution in [-0.2, 0) is 4.74 Å². The Bertz CT molecular complexity index is 724. The van der Waals surface area contributed by atoms with E-state index in [-0.39, 0.29) is 0 Å². The molecular weight excluding hydrogens is 274 g/mol. The number of aliphatic hydroxyl groups is 2. The van der Waals surface area contributed by atoms with Crippen LogP contribution in [0.2, 0.25) is 0 Å². The summed E-state index contributed by atoms with van der Waals surface area (Å²) >= 11 is 0. The molecule has 1 saturated heterocycles. The molecule has 0 unspecified atom stereocenters. The number of nitriles is 1. The molecule has 0 amide bonds. The van der Waals surface area contributed by atoms with E-state index in [1.54, 1.807) is 23.8 Å². The van der Waals surface area contributed by atoms with Crippen molar-refractivity contribution in [1.29, 1.82) is 5.26 Å². The quantitative estimate of drug-likeness (QED) is 0.697. The third kappa shape index (κ3) is 1.79. The van der Waals surface area contributed by atoms with Crippen LogP contribution in [0.25, 0.3) is 11.2 Å². The summed E-state index contributed by atoms with van der Waals surface area (Å²) in [6, 6.07) is 3.50. The average Bonchev–Trinajstić information content (AvgIpc) is 3.02. The standard InChI is InChI=1S/C13H15N5O3/c1-7-10(20)13(4-14,5-19)21-12(7)18-6-17-9-8(15)2-3-16-11(9)18/h2-3,6-7,10,12,19-20H,5H2,1H3,(H2,15,16)/t7-,10-,12+,13+/m0/s1. The van der Waals surface area contributed by atoms with Crippen molar-refractivity contribution in [2.75, 3.05) is 12.3 Å².